The Bertz CT molecular complexity index is 370. The van der Waals surface area contributed by atoms with Crippen LogP contribution in [0.25, 0.3) is 0 Å². The molecule has 0 aromatic rings. The highest BCUT2D eigenvalue weighted by Gasteiger charge is 2.32. The van der Waals surface area contributed by atoms with Crippen LogP contribution in [0, 0.1) is 10.8 Å². The molecule has 94 valence electrons. The van der Waals surface area contributed by atoms with E-state index in [1.54, 1.807) is 0 Å². The van der Waals surface area contributed by atoms with Crippen LogP contribution in [0.5, 0.6) is 0 Å². The van der Waals surface area contributed by atoms with E-state index >= 15 is 0 Å². The van der Waals surface area contributed by atoms with Crippen molar-refractivity contribution in [3.63, 3.8) is 0 Å². The molecule has 0 saturated carbocycles. The van der Waals surface area contributed by atoms with Gasteiger partial charge in [-0.3, -0.25) is 0 Å². The first kappa shape index (κ1) is 13.8. The molecule has 0 radical (unpaired) electrons. The minimum absolute atomic E-state index is 0.0107. The number of nitrogens with zero attached hydrogens (tertiary/aromatic N) is 1. The molecule has 0 N–H and O–H groups in total. The van der Waals surface area contributed by atoms with Crippen molar-refractivity contribution in [2.24, 2.45) is 15.2 Å². The van der Waals surface area contributed by atoms with Gasteiger partial charge in [0.15, 0.2) is 0 Å². The molecule has 1 rings (SSSR count). The van der Waals surface area contributed by atoms with Crippen molar-refractivity contribution in [2.45, 2.75) is 47.6 Å². The van der Waals surface area contributed by atoms with Gasteiger partial charge in [0.25, 0.3) is 0 Å². The zero-order valence-corrected chi connectivity index (χ0v) is 12.2. The zero-order chi connectivity index (χ0) is 12.6. The second-order valence-corrected chi connectivity index (χ2v) is 8.90. The molecule has 0 spiro atoms. The molecule has 0 aliphatic carbocycles. The lowest BCUT2D eigenvalue weighted by Gasteiger charge is -2.23. The highest BCUT2D eigenvalue weighted by Crippen LogP contribution is 2.33. The van der Waals surface area contributed by atoms with Crippen LogP contribution in [0.1, 0.15) is 41.5 Å². The van der Waals surface area contributed by atoms with Crippen molar-refractivity contribution < 1.29 is 4.21 Å². The van der Waals surface area contributed by atoms with E-state index in [2.05, 4.69) is 44.2 Å². The van der Waals surface area contributed by atoms with Gasteiger partial charge in [0.2, 0.25) is 0 Å². The summed E-state index contributed by atoms with van der Waals surface area (Å²) in [6, 6.07) is 0.150. The maximum atomic E-state index is 12.9. The summed E-state index contributed by atoms with van der Waals surface area (Å²) in [5.41, 5.74) is -0.0213. The fraction of sp³-hybridized carbons (Fsp3) is 0.846. The summed E-state index contributed by atoms with van der Waals surface area (Å²) in [5.74, 6) is 1.36. The van der Waals surface area contributed by atoms with Gasteiger partial charge in [-0.2, -0.15) is 0 Å². The molecule has 1 aliphatic rings. The summed E-state index contributed by atoms with van der Waals surface area (Å²) >= 11 is 0. The lowest BCUT2D eigenvalue weighted by Crippen LogP contribution is -2.27. The third-order valence-corrected chi connectivity index (χ3v) is 5.78. The molecular weight excluding hydrogens is 218 g/mol. The van der Waals surface area contributed by atoms with Gasteiger partial charge in [0.05, 0.1) is 6.04 Å². The van der Waals surface area contributed by atoms with Crippen molar-refractivity contribution in [3.8, 4) is 0 Å². The van der Waals surface area contributed by atoms with Crippen LogP contribution < -0.4 is 0 Å². The van der Waals surface area contributed by atoms with Crippen molar-refractivity contribution in [2.75, 3.05) is 11.5 Å². The summed E-state index contributed by atoms with van der Waals surface area (Å²) in [7, 11) is -2.08. The third-order valence-electron chi connectivity index (χ3n) is 2.58. The molecular formula is C13H25NOS. The highest BCUT2D eigenvalue weighted by molar-refractivity contribution is 7.93. The van der Waals surface area contributed by atoms with Crippen LogP contribution in [0.15, 0.2) is 16.5 Å². The van der Waals surface area contributed by atoms with Crippen LogP contribution in [0.4, 0.5) is 0 Å². The number of hydrogen-bond acceptors (Lipinski definition) is 2. The minimum Gasteiger partial charge on any atom is -0.250 e. The van der Waals surface area contributed by atoms with Crippen LogP contribution in [0.2, 0.25) is 0 Å². The Labute approximate surface area is 101 Å². The lowest BCUT2D eigenvalue weighted by molar-refractivity contribution is 0.531. The normalized spacial score (nSPS) is 26.4. The van der Waals surface area contributed by atoms with E-state index < -0.39 is 9.73 Å². The average molecular weight is 243 g/mol. The van der Waals surface area contributed by atoms with Crippen molar-refractivity contribution in [1.29, 1.82) is 0 Å². The molecule has 1 aliphatic heterocycles. The Balaban J connectivity index is 3.21. The molecule has 0 aromatic heterocycles. The van der Waals surface area contributed by atoms with Crippen LogP contribution in [-0.2, 0) is 9.73 Å². The fourth-order valence-corrected chi connectivity index (χ4v) is 5.76. The summed E-state index contributed by atoms with van der Waals surface area (Å²) in [5, 5.41) is 0. The number of rotatable bonds is 1. The monoisotopic (exact) mass is 243 g/mol. The Hall–Kier alpha value is -0.310. The van der Waals surface area contributed by atoms with E-state index in [1.165, 1.54) is 0 Å². The predicted molar refractivity (Wildman–Crippen MR) is 72.1 cm³/mol. The van der Waals surface area contributed by atoms with Gasteiger partial charge in [0, 0.05) is 21.2 Å². The second-order valence-electron chi connectivity index (χ2n) is 6.57. The Morgan fingerprint density at radius 1 is 1.06 bits per heavy atom. The van der Waals surface area contributed by atoms with E-state index in [1.807, 2.05) is 13.8 Å². The van der Waals surface area contributed by atoms with Crippen molar-refractivity contribution in [3.05, 3.63) is 12.2 Å². The number of allylic oxidation sites excluding steroid dienone is 2. The summed E-state index contributed by atoms with van der Waals surface area (Å²) in [4.78, 5) is 0. The first-order valence-electron chi connectivity index (χ1n) is 5.96. The first-order valence-corrected chi connectivity index (χ1v) is 7.81. The molecule has 0 unspecified atom stereocenters. The molecule has 0 amide bonds. The van der Waals surface area contributed by atoms with E-state index in [-0.39, 0.29) is 16.9 Å². The zero-order valence-electron chi connectivity index (χ0n) is 11.4. The molecule has 0 bridgehead atoms. The van der Waals surface area contributed by atoms with Gasteiger partial charge in [-0.25, -0.2) is 8.57 Å². The predicted octanol–water partition coefficient (Wildman–Crippen LogP) is 3.49. The van der Waals surface area contributed by atoms with E-state index in [4.69, 9.17) is 0 Å². The van der Waals surface area contributed by atoms with E-state index in [0.29, 0.717) is 11.5 Å². The van der Waals surface area contributed by atoms with Gasteiger partial charge in [-0.15, -0.1) is 0 Å². The lowest BCUT2D eigenvalue weighted by atomic mass is 9.89. The van der Waals surface area contributed by atoms with Gasteiger partial charge < -0.3 is 0 Å². The largest absolute Gasteiger partial charge is 0.250 e. The molecule has 0 saturated heterocycles. The van der Waals surface area contributed by atoms with Gasteiger partial charge in [-0.05, 0) is 24.7 Å². The quantitative estimate of drug-likeness (QED) is 0.648. The molecule has 16 heavy (non-hydrogen) atoms. The molecule has 0 aromatic carbocycles. The van der Waals surface area contributed by atoms with Crippen LogP contribution in [0.3, 0.4) is 0 Å². The SMILES string of the molecule is CC(C)N=S1(=O)CC(C)(C)C=CC(C)(C)C1. The standard InChI is InChI=1S/C13H25NOS/c1-11(2)14-16(15)9-12(3,4)7-8-13(5,6)10-16/h7-8,11H,9-10H2,1-6H3. The maximum Gasteiger partial charge on any atom is 0.0537 e. The fourth-order valence-electron chi connectivity index (χ4n) is 2.22. The summed E-state index contributed by atoms with van der Waals surface area (Å²) in [6.07, 6.45) is 4.41. The smallest absolute Gasteiger partial charge is 0.0537 e. The molecule has 1 heterocycles. The molecule has 0 fully saturated rings. The Morgan fingerprint density at radius 3 is 1.75 bits per heavy atom. The van der Waals surface area contributed by atoms with Gasteiger partial charge in [-0.1, -0.05) is 39.8 Å². The molecule has 2 nitrogen and oxygen atoms in total. The van der Waals surface area contributed by atoms with Crippen LogP contribution in [-0.4, -0.2) is 21.8 Å². The highest BCUT2D eigenvalue weighted by atomic mass is 32.2. The minimum atomic E-state index is -2.08. The van der Waals surface area contributed by atoms with Gasteiger partial charge in [0.1, 0.15) is 0 Å². The van der Waals surface area contributed by atoms with Crippen LogP contribution >= 0.6 is 0 Å². The number of hydrogen-bond donors (Lipinski definition) is 0. The second kappa shape index (κ2) is 4.17. The summed E-state index contributed by atoms with van der Waals surface area (Å²) in [6.45, 7) is 12.6. The van der Waals surface area contributed by atoms with Gasteiger partial charge >= 0.3 is 0 Å². The third kappa shape index (κ3) is 3.93. The van der Waals surface area contributed by atoms with E-state index in [0.717, 1.165) is 0 Å². The molecule has 0 atom stereocenters. The first-order chi connectivity index (χ1) is 7.04. The van der Waals surface area contributed by atoms with E-state index in [9.17, 15) is 4.21 Å². The summed E-state index contributed by atoms with van der Waals surface area (Å²) < 4.78 is 17.4. The Kier molecular flexibility index (Phi) is 3.59. The Morgan fingerprint density at radius 2 is 1.44 bits per heavy atom. The maximum absolute atomic E-state index is 12.9. The molecule has 3 heteroatoms. The van der Waals surface area contributed by atoms with Crippen molar-refractivity contribution in [1.82, 2.24) is 0 Å². The van der Waals surface area contributed by atoms with Crippen molar-refractivity contribution >= 4 is 9.73 Å². The topological polar surface area (TPSA) is 29.4 Å². The average Bonchev–Trinajstić information content (AvgIpc) is 2.02.